The number of nitrogens with two attached hydrogens (primary N) is 1. The van der Waals surface area contributed by atoms with E-state index in [1.54, 1.807) is 17.9 Å². The van der Waals surface area contributed by atoms with E-state index in [9.17, 15) is 13.2 Å². The van der Waals surface area contributed by atoms with Crippen molar-refractivity contribution in [2.45, 2.75) is 12.6 Å². The highest BCUT2D eigenvalue weighted by molar-refractivity contribution is 5.45. The molecular formula is C11H13F3N6. The van der Waals surface area contributed by atoms with E-state index in [4.69, 9.17) is 5.73 Å². The average Bonchev–Trinajstić information content (AvgIpc) is 2.73. The zero-order valence-corrected chi connectivity index (χ0v) is 10.6. The Bertz CT molecular complexity index is 592. The zero-order chi connectivity index (χ0) is 14.8. The van der Waals surface area contributed by atoms with Gasteiger partial charge in [0.1, 0.15) is 11.6 Å². The first-order chi connectivity index (χ1) is 9.36. The van der Waals surface area contributed by atoms with Crippen LogP contribution in [-0.2, 0) is 19.6 Å². The molecule has 0 bridgehead atoms. The van der Waals surface area contributed by atoms with Gasteiger partial charge >= 0.3 is 6.18 Å². The van der Waals surface area contributed by atoms with Crippen LogP contribution in [0, 0.1) is 0 Å². The van der Waals surface area contributed by atoms with E-state index in [1.165, 1.54) is 6.07 Å². The van der Waals surface area contributed by atoms with E-state index in [2.05, 4.69) is 20.4 Å². The number of alkyl halides is 3. The van der Waals surface area contributed by atoms with E-state index >= 15 is 0 Å². The number of nitrogens with one attached hydrogen (secondary N) is 1. The molecule has 0 saturated heterocycles. The molecule has 2 aromatic heterocycles. The molecule has 0 aliphatic rings. The van der Waals surface area contributed by atoms with Gasteiger partial charge < -0.3 is 11.1 Å². The Morgan fingerprint density at radius 2 is 2.10 bits per heavy atom. The summed E-state index contributed by atoms with van der Waals surface area (Å²) < 4.78 is 39.3. The average molecular weight is 286 g/mol. The lowest BCUT2D eigenvalue weighted by Crippen LogP contribution is -2.15. The van der Waals surface area contributed by atoms with Gasteiger partial charge in [-0.15, -0.1) is 0 Å². The Morgan fingerprint density at radius 1 is 1.35 bits per heavy atom. The summed E-state index contributed by atoms with van der Waals surface area (Å²) >= 11 is 0. The summed E-state index contributed by atoms with van der Waals surface area (Å²) in [6, 6.07) is 3.09. The van der Waals surface area contributed by atoms with Crippen molar-refractivity contribution in [1.29, 1.82) is 0 Å². The summed E-state index contributed by atoms with van der Waals surface area (Å²) in [6.45, 7) is 0.410. The number of halogens is 3. The smallest absolute Gasteiger partial charge is 0.384 e. The quantitative estimate of drug-likeness (QED) is 0.889. The Morgan fingerprint density at radius 3 is 2.70 bits per heavy atom. The number of nitrogens with zero attached hydrogens (tertiary/aromatic N) is 4. The number of anilines is 2. The van der Waals surface area contributed by atoms with Crippen LogP contribution in [0.2, 0.25) is 0 Å². The normalized spacial score (nSPS) is 11.6. The van der Waals surface area contributed by atoms with Crippen molar-refractivity contribution in [3.05, 3.63) is 29.8 Å². The third kappa shape index (κ3) is 3.37. The first-order valence-corrected chi connectivity index (χ1v) is 5.79. The van der Waals surface area contributed by atoms with Gasteiger partial charge in [-0.25, -0.2) is 9.97 Å². The molecule has 0 unspecified atom stereocenters. The number of hydrogen-bond donors (Lipinski definition) is 2. The summed E-state index contributed by atoms with van der Waals surface area (Å²) in [6.07, 6.45) is -2.37. The van der Waals surface area contributed by atoms with E-state index in [0.29, 0.717) is 13.0 Å². The van der Waals surface area contributed by atoms with Crippen molar-refractivity contribution in [2.24, 2.45) is 7.05 Å². The van der Waals surface area contributed by atoms with Crippen LogP contribution in [0.25, 0.3) is 0 Å². The van der Waals surface area contributed by atoms with E-state index in [1.807, 2.05) is 6.07 Å². The summed E-state index contributed by atoms with van der Waals surface area (Å²) in [7, 11) is 1.79. The molecule has 0 amide bonds. The molecule has 0 fully saturated rings. The molecule has 9 heteroatoms. The summed E-state index contributed by atoms with van der Waals surface area (Å²) in [4.78, 5) is 6.56. The number of rotatable bonds is 4. The van der Waals surface area contributed by atoms with Crippen LogP contribution in [0.1, 0.15) is 11.5 Å². The van der Waals surface area contributed by atoms with Crippen molar-refractivity contribution in [1.82, 2.24) is 19.7 Å². The minimum Gasteiger partial charge on any atom is -0.384 e. The van der Waals surface area contributed by atoms with Crippen molar-refractivity contribution in [2.75, 3.05) is 17.6 Å². The molecule has 2 heterocycles. The van der Waals surface area contributed by atoms with Crippen LogP contribution in [0.4, 0.5) is 24.8 Å². The number of nitrogen functional groups attached to an aromatic ring is 1. The molecule has 0 atom stereocenters. The van der Waals surface area contributed by atoms with Crippen LogP contribution in [0.5, 0.6) is 0 Å². The predicted molar refractivity (Wildman–Crippen MR) is 66.8 cm³/mol. The third-order valence-corrected chi connectivity index (χ3v) is 2.61. The minimum absolute atomic E-state index is 0.0481. The highest BCUT2D eigenvalue weighted by Gasteiger charge is 2.35. The number of aryl methyl sites for hydroxylation is 1. The fraction of sp³-hybridized carbons (Fsp3) is 0.364. The predicted octanol–water partition coefficient (Wildman–Crippen LogP) is 1.47. The van der Waals surface area contributed by atoms with Gasteiger partial charge in [-0.1, -0.05) is 0 Å². The molecule has 0 radical (unpaired) electrons. The van der Waals surface area contributed by atoms with Crippen LogP contribution >= 0.6 is 0 Å². The zero-order valence-electron chi connectivity index (χ0n) is 10.6. The van der Waals surface area contributed by atoms with Gasteiger partial charge in [0.2, 0.25) is 5.82 Å². The standard InChI is InChI=1S/C11H13F3N6/c1-20-7(3-5-17-20)2-4-16-9-6-8(15)18-10(19-9)11(12,13)14/h3,5-6H,2,4H2,1H3,(H3,15,16,18,19). The molecule has 0 saturated carbocycles. The summed E-state index contributed by atoms with van der Waals surface area (Å²) in [5.74, 6) is -1.43. The van der Waals surface area contributed by atoms with Crippen LogP contribution < -0.4 is 11.1 Å². The Balaban J connectivity index is 2.03. The van der Waals surface area contributed by atoms with Gasteiger partial charge in [0.05, 0.1) is 0 Å². The topological polar surface area (TPSA) is 81.7 Å². The molecule has 6 nitrogen and oxygen atoms in total. The highest BCUT2D eigenvalue weighted by Crippen LogP contribution is 2.27. The first-order valence-electron chi connectivity index (χ1n) is 5.79. The summed E-state index contributed by atoms with van der Waals surface area (Å²) in [5.41, 5.74) is 6.30. The fourth-order valence-electron chi connectivity index (χ4n) is 1.65. The molecular weight excluding hydrogens is 273 g/mol. The molecule has 0 aliphatic carbocycles. The van der Waals surface area contributed by atoms with Gasteiger partial charge in [-0.2, -0.15) is 18.3 Å². The lowest BCUT2D eigenvalue weighted by molar-refractivity contribution is -0.144. The van der Waals surface area contributed by atoms with Crippen molar-refractivity contribution < 1.29 is 13.2 Å². The Kier molecular flexibility index (Phi) is 3.77. The lowest BCUT2D eigenvalue weighted by Gasteiger charge is -2.10. The molecule has 3 N–H and O–H groups in total. The van der Waals surface area contributed by atoms with Gasteiger partial charge in [0, 0.05) is 38.0 Å². The second-order valence-corrected chi connectivity index (χ2v) is 4.12. The molecule has 2 aromatic rings. The second-order valence-electron chi connectivity index (χ2n) is 4.12. The fourth-order valence-corrected chi connectivity index (χ4v) is 1.65. The summed E-state index contributed by atoms with van der Waals surface area (Å²) in [5, 5.41) is 6.79. The second kappa shape index (κ2) is 5.35. The Labute approximate surface area is 112 Å². The van der Waals surface area contributed by atoms with Gasteiger partial charge in [-0.3, -0.25) is 4.68 Å². The van der Waals surface area contributed by atoms with E-state index in [0.717, 1.165) is 5.69 Å². The molecule has 20 heavy (non-hydrogen) atoms. The van der Waals surface area contributed by atoms with Crippen LogP contribution in [0.15, 0.2) is 18.3 Å². The Hall–Kier alpha value is -2.32. The van der Waals surface area contributed by atoms with E-state index < -0.39 is 12.0 Å². The molecule has 0 spiro atoms. The first kappa shape index (κ1) is 14.1. The largest absolute Gasteiger partial charge is 0.451 e. The monoisotopic (exact) mass is 286 g/mol. The SMILES string of the molecule is Cn1nccc1CCNc1cc(N)nc(C(F)(F)F)n1. The molecule has 2 rings (SSSR count). The van der Waals surface area contributed by atoms with Crippen LogP contribution in [-0.4, -0.2) is 26.3 Å². The highest BCUT2D eigenvalue weighted by atomic mass is 19.4. The molecule has 108 valence electrons. The van der Waals surface area contributed by atoms with E-state index in [-0.39, 0.29) is 11.6 Å². The molecule has 0 aromatic carbocycles. The van der Waals surface area contributed by atoms with Crippen LogP contribution in [0.3, 0.4) is 0 Å². The van der Waals surface area contributed by atoms with Gasteiger partial charge in [0.15, 0.2) is 0 Å². The maximum Gasteiger partial charge on any atom is 0.451 e. The molecule has 0 aliphatic heterocycles. The number of aromatic nitrogens is 4. The maximum atomic E-state index is 12.5. The maximum absolute atomic E-state index is 12.5. The third-order valence-electron chi connectivity index (χ3n) is 2.61. The van der Waals surface area contributed by atoms with Crippen molar-refractivity contribution in [3.8, 4) is 0 Å². The van der Waals surface area contributed by atoms with Gasteiger partial charge in [0.25, 0.3) is 0 Å². The van der Waals surface area contributed by atoms with Crippen molar-refractivity contribution >= 4 is 11.6 Å². The minimum atomic E-state index is -4.62. The van der Waals surface area contributed by atoms with Crippen molar-refractivity contribution in [3.63, 3.8) is 0 Å². The number of hydrogen-bond acceptors (Lipinski definition) is 5. The van der Waals surface area contributed by atoms with Gasteiger partial charge in [-0.05, 0) is 6.07 Å². The lowest BCUT2D eigenvalue weighted by atomic mass is 10.3.